The maximum atomic E-state index is 12.4. The van der Waals surface area contributed by atoms with Gasteiger partial charge in [0, 0.05) is 10.2 Å². The Hall–Kier alpha value is -2.25. The van der Waals surface area contributed by atoms with E-state index in [1.807, 2.05) is 37.3 Å². The number of hydrogen-bond donors (Lipinski definition) is 1. The molecular formula is C25H18BrCl2IN2O3. The van der Waals surface area contributed by atoms with Gasteiger partial charge in [-0.3, -0.25) is 4.79 Å². The first-order valence-corrected chi connectivity index (χ1v) is 12.6. The Kier molecular flexibility index (Phi) is 9.65. The van der Waals surface area contributed by atoms with E-state index in [2.05, 4.69) is 49.9 Å². The molecule has 0 fully saturated rings. The number of benzene rings is 3. The van der Waals surface area contributed by atoms with E-state index in [0.717, 1.165) is 19.2 Å². The number of hydrogen-bond acceptors (Lipinski definition) is 4. The van der Waals surface area contributed by atoms with Gasteiger partial charge < -0.3 is 14.8 Å². The van der Waals surface area contributed by atoms with E-state index in [-0.39, 0.29) is 12.5 Å². The van der Waals surface area contributed by atoms with Gasteiger partial charge in [-0.25, -0.2) is 0 Å². The van der Waals surface area contributed by atoms with Crippen molar-refractivity contribution < 1.29 is 14.3 Å². The van der Waals surface area contributed by atoms with Gasteiger partial charge in [0.05, 0.1) is 31.9 Å². The monoisotopic (exact) mass is 670 g/mol. The van der Waals surface area contributed by atoms with Gasteiger partial charge in [-0.05, 0) is 89.2 Å². The van der Waals surface area contributed by atoms with Crippen LogP contribution in [0.1, 0.15) is 18.1 Å². The van der Waals surface area contributed by atoms with E-state index in [4.69, 9.17) is 32.7 Å². The quantitative estimate of drug-likeness (QED) is 0.151. The Morgan fingerprint density at radius 2 is 1.85 bits per heavy atom. The molecule has 0 heterocycles. The number of nitrogens with one attached hydrogen (secondary N) is 1. The fraction of sp³-hybridized carbons (Fsp3) is 0.120. The van der Waals surface area contributed by atoms with Gasteiger partial charge >= 0.3 is 0 Å². The molecule has 0 aliphatic heterocycles. The molecule has 174 valence electrons. The summed E-state index contributed by atoms with van der Waals surface area (Å²) in [4.78, 5) is 12.4. The zero-order valence-corrected chi connectivity index (χ0v) is 23.1. The number of nitriles is 1. The first-order valence-electron chi connectivity index (χ1n) is 10.0. The molecule has 0 saturated carbocycles. The van der Waals surface area contributed by atoms with Crippen LogP contribution in [-0.2, 0) is 4.79 Å². The van der Waals surface area contributed by atoms with Crippen molar-refractivity contribution in [1.82, 2.24) is 0 Å². The highest BCUT2D eigenvalue weighted by atomic mass is 127. The van der Waals surface area contributed by atoms with E-state index in [9.17, 15) is 10.1 Å². The van der Waals surface area contributed by atoms with Crippen molar-refractivity contribution >= 4 is 85.0 Å². The zero-order chi connectivity index (χ0) is 24.7. The van der Waals surface area contributed by atoms with E-state index < -0.39 is 0 Å². The number of rotatable bonds is 8. The number of ether oxygens (including phenoxy) is 2. The van der Waals surface area contributed by atoms with Gasteiger partial charge in [-0.2, -0.15) is 5.26 Å². The van der Waals surface area contributed by atoms with Crippen molar-refractivity contribution in [3.8, 4) is 17.6 Å². The average Bonchev–Trinajstić information content (AvgIpc) is 2.80. The molecule has 34 heavy (non-hydrogen) atoms. The number of halogens is 4. The van der Waals surface area contributed by atoms with Crippen molar-refractivity contribution in [1.29, 1.82) is 5.26 Å². The molecule has 0 atom stereocenters. The Morgan fingerprint density at radius 3 is 2.50 bits per heavy atom. The molecule has 3 aromatic rings. The second-order valence-electron chi connectivity index (χ2n) is 6.91. The Balaban J connectivity index is 1.80. The van der Waals surface area contributed by atoms with E-state index >= 15 is 0 Å². The largest absolute Gasteiger partial charge is 0.490 e. The summed E-state index contributed by atoms with van der Waals surface area (Å²) in [6.45, 7) is 2.04. The lowest BCUT2D eigenvalue weighted by Crippen LogP contribution is -2.20. The molecule has 0 aliphatic rings. The topological polar surface area (TPSA) is 71.3 Å². The van der Waals surface area contributed by atoms with Crippen molar-refractivity contribution in [3.05, 3.63) is 83.8 Å². The van der Waals surface area contributed by atoms with Gasteiger partial charge in [0.2, 0.25) is 0 Å². The fourth-order valence-electron chi connectivity index (χ4n) is 2.96. The molecule has 5 nitrogen and oxygen atoms in total. The van der Waals surface area contributed by atoms with Crippen LogP contribution in [-0.4, -0.2) is 19.1 Å². The normalized spacial score (nSPS) is 11.0. The minimum atomic E-state index is -0.359. The molecular weight excluding hydrogens is 654 g/mol. The number of allylic oxidation sites excluding steroid dienone is 1. The predicted molar refractivity (Wildman–Crippen MR) is 149 cm³/mol. The number of carbonyl (C=O) groups is 1. The first-order chi connectivity index (χ1) is 16.3. The summed E-state index contributed by atoms with van der Waals surface area (Å²) in [5, 5.41) is 13.1. The summed E-state index contributed by atoms with van der Waals surface area (Å²) in [5.41, 5.74) is 2.61. The molecule has 0 radical (unpaired) electrons. The standard InChI is InChI=1S/C25H18BrCl2IN2O3/c1-2-33-23-11-15(9-17(13-30)16-3-5-18(26)6-4-16)10-22(29)25(23)34-14-24(32)31-19-7-8-20(27)21(28)12-19/h3-12H,2,14H2,1H3,(H,31,32)/b17-9+. The van der Waals surface area contributed by atoms with Gasteiger partial charge in [0.15, 0.2) is 18.1 Å². The second kappa shape index (κ2) is 12.5. The third-order valence-corrected chi connectivity index (χ3v) is 6.54. The molecule has 0 spiro atoms. The van der Waals surface area contributed by atoms with Crippen LogP contribution < -0.4 is 14.8 Å². The van der Waals surface area contributed by atoms with Gasteiger partial charge in [-0.15, -0.1) is 0 Å². The third kappa shape index (κ3) is 7.12. The van der Waals surface area contributed by atoms with E-state index in [1.165, 1.54) is 0 Å². The summed E-state index contributed by atoms with van der Waals surface area (Å²) in [6, 6.07) is 18.2. The van der Waals surface area contributed by atoms with Crippen LogP contribution in [0.25, 0.3) is 11.6 Å². The smallest absolute Gasteiger partial charge is 0.262 e. The minimum absolute atomic E-state index is 0.228. The summed E-state index contributed by atoms with van der Waals surface area (Å²) < 4.78 is 13.2. The number of anilines is 1. The summed E-state index contributed by atoms with van der Waals surface area (Å²) in [7, 11) is 0. The highest BCUT2D eigenvalue weighted by Crippen LogP contribution is 2.35. The van der Waals surface area contributed by atoms with Crippen LogP contribution >= 0.6 is 61.7 Å². The Labute approximate surface area is 229 Å². The molecule has 1 N–H and O–H groups in total. The maximum Gasteiger partial charge on any atom is 0.262 e. The lowest BCUT2D eigenvalue weighted by Gasteiger charge is -2.15. The highest BCUT2D eigenvalue weighted by molar-refractivity contribution is 14.1. The summed E-state index contributed by atoms with van der Waals surface area (Å²) in [6.07, 6.45) is 1.79. The van der Waals surface area contributed by atoms with Crippen LogP contribution in [0.5, 0.6) is 11.5 Å². The average molecular weight is 672 g/mol. The Morgan fingerprint density at radius 1 is 1.12 bits per heavy atom. The van der Waals surface area contributed by atoms with Crippen molar-refractivity contribution in [3.63, 3.8) is 0 Å². The van der Waals surface area contributed by atoms with Gasteiger partial charge in [-0.1, -0.05) is 51.3 Å². The van der Waals surface area contributed by atoms with Crippen LogP contribution in [0, 0.1) is 14.9 Å². The number of carbonyl (C=O) groups excluding carboxylic acids is 1. The van der Waals surface area contributed by atoms with Crippen LogP contribution in [0.2, 0.25) is 10.0 Å². The summed E-state index contributed by atoms with van der Waals surface area (Å²) >= 11 is 17.4. The molecule has 0 unspecified atom stereocenters. The third-order valence-electron chi connectivity index (χ3n) is 4.47. The lowest BCUT2D eigenvalue weighted by atomic mass is 10.0. The van der Waals surface area contributed by atoms with Crippen LogP contribution in [0.4, 0.5) is 5.69 Å². The second-order valence-corrected chi connectivity index (χ2v) is 9.80. The first kappa shape index (κ1) is 26.4. The minimum Gasteiger partial charge on any atom is -0.490 e. The molecule has 3 aromatic carbocycles. The molecule has 0 aromatic heterocycles. The van der Waals surface area contributed by atoms with Crippen molar-refractivity contribution in [2.24, 2.45) is 0 Å². The van der Waals surface area contributed by atoms with Crippen molar-refractivity contribution in [2.75, 3.05) is 18.5 Å². The predicted octanol–water partition coefficient (Wildman–Crippen LogP) is 7.84. The van der Waals surface area contributed by atoms with Crippen LogP contribution in [0.15, 0.2) is 59.1 Å². The molecule has 0 saturated heterocycles. The Bertz CT molecular complexity index is 1270. The number of nitrogens with zero attached hydrogens (tertiary/aromatic N) is 1. The SMILES string of the molecule is CCOc1cc(/C=C(\C#N)c2ccc(Br)cc2)cc(I)c1OCC(=O)Nc1ccc(Cl)c(Cl)c1. The lowest BCUT2D eigenvalue weighted by molar-refractivity contribution is -0.118. The molecule has 9 heteroatoms. The maximum absolute atomic E-state index is 12.4. The molecule has 1 amide bonds. The zero-order valence-electron chi connectivity index (χ0n) is 17.9. The molecule has 0 aliphatic carbocycles. The fourth-order valence-corrected chi connectivity index (χ4v) is 4.30. The summed E-state index contributed by atoms with van der Waals surface area (Å²) in [5.74, 6) is 0.574. The van der Waals surface area contributed by atoms with E-state index in [1.54, 1.807) is 30.3 Å². The molecule has 0 bridgehead atoms. The van der Waals surface area contributed by atoms with Gasteiger partial charge in [0.25, 0.3) is 5.91 Å². The van der Waals surface area contributed by atoms with Crippen LogP contribution in [0.3, 0.4) is 0 Å². The number of amides is 1. The van der Waals surface area contributed by atoms with Crippen molar-refractivity contribution in [2.45, 2.75) is 6.92 Å². The van der Waals surface area contributed by atoms with Gasteiger partial charge in [0.1, 0.15) is 0 Å². The highest BCUT2D eigenvalue weighted by Gasteiger charge is 2.15. The molecule has 3 rings (SSSR count). The van der Waals surface area contributed by atoms with E-state index in [0.29, 0.717) is 39.4 Å².